The van der Waals surface area contributed by atoms with E-state index in [4.69, 9.17) is 11.6 Å². The molecule has 0 fully saturated rings. The molecule has 6 heteroatoms. The van der Waals surface area contributed by atoms with Gasteiger partial charge in [0.25, 0.3) is 0 Å². The van der Waals surface area contributed by atoms with Crippen molar-refractivity contribution in [2.75, 3.05) is 6.26 Å². The molecule has 2 nitrogen and oxygen atoms in total. The zero-order valence-corrected chi connectivity index (χ0v) is 13.4. The van der Waals surface area contributed by atoms with Crippen molar-refractivity contribution in [3.05, 3.63) is 51.2 Å². The van der Waals surface area contributed by atoms with Gasteiger partial charge >= 0.3 is 0 Å². The van der Waals surface area contributed by atoms with Gasteiger partial charge in [0.05, 0.1) is 14.1 Å². The number of benzene rings is 1. The summed E-state index contributed by atoms with van der Waals surface area (Å²) in [6.45, 7) is 0. The van der Waals surface area contributed by atoms with Gasteiger partial charge in [-0.3, -0.25) is 0 Å². The van der Waals surface area contributed by atoms with Crippen LogP contribution < -0.4 is 0 Å². The van der Waals surface area contributed by atoms with E-state index in [0.29, 0.717) is 4.90 Å². The third-order valence-electron chi connectivity index (χ3n) is 2.44. The second-order valence-corrected chi connectivity index (χ2v) is 8.52. The number of thiophene rings is 1. The predicted octanol–water partition coefficient (Wildman–Crippen LogP) is 4.29. The Morgan fingerprint density at radius 3 is 2.22 bits per heavy atom. The van der Waals surface area contributed by atoms with E-state index in [1.807, 2.05) is 24.3 Å². The third kappa shape index (κ3) is 3.15. The summed E-state index contributed by atoms with van der Waals surface area (Å²) in [5, 5.41) is 0. The fraction of sp³-hybridized carbons (Fsp3) is 0.167. The summed E-state index contributed by atoms with van der Waals surface area (Å²) < 4.78 is 23.5. The van der Waals surface area contributed by atoms with Crippen LogP contribution in [0.1, 0.15) is 15.3 Å². The van der Waals surface area contributed by atoms with E-state index in [1.54, 1.807) is 12.1 Å². The molecule has 0 aliphatic carbocycles. The fourth-order valence-electron chi connectivity index (χ4n) is 1.51. The van der Waals surface area contributed by atoms with Crippen molar-refractivity contribution in [2.24, 2.45) is 0 Å². The molecule has 0 radical (unpaired) electrons. The van der Waals surface area contributed by atoms with E-state index in [0.717, 1.165) is 14.8 Å². The fourth-order valence-corrected chi connectivity index (χ4v) is 3.95. The second kappa shape index (κ2) is 5.33. The first-order valence-electron chi connectivity index (χ1n) is 5.07. The number of hydrogen-bond donors (Lipinski definition) is 0. The van der Waals surface area contributed by atoms with Crippen LogP contribution in [0.15, 0.2) is 41.3 Å². The van der Waals surface area contributed by atoms with Crippen LogP contribution in [-0.2, 0) is 9.84 Å². The minimum atomic E-state index is -3.14. The highest BCUT2D eigenvalue weighted by Gasteiger charge is 2.14. The molecule has 18 heavy (non-hydrogen) atoms. The first-order chi connectivity index (χ1) is 8.38. The summed E-state index contributed by atoms with van der Waals surface area (Å²) in [7, 11) is -3.14. The molecule has 1 aromatic heterocycles. The minimum Gasteiger partial charge on any atom is -0.224 e. The molecule has 0 amide bonds. The van der Waals surface area contributed by atoms with Gasteiger partial charge in [-0.25, -0.2) is 8.42 Å². The second-order valence-electron chi connectivity index (χ2n) is 3.85. The van der Waals surface area contributed by atoms with Crippen molar-refractivity contribution in [1.29, 1.82) is 0 Å². The molecule has 0 aliphatic rings. The van der Waals surface area contributed by atoms with Gasteiger partial charge in [0.15, 0.2) is 9.84 Å². The van der Waals surface area contributed by atoms with Crippen molar-refractivity contribution < 1.29 is 8.42 Å². The molecular weight excluding hydrogens is 356 g/mol. The summed E-state index contributed by atoms with van der Waals surface area (Å²) in [5.41, 5.74) is 1.00. The largest absolute Gasteiger partial charge is 0.224 e. The Morgan fingerprint density at radius 2 is 1.78 bits per heavy atom. The number of sulfone groups is 1. The smallest absolute Gasteiger partial charge is 0.175 e. The van der Waals surface area contributed by atoms with Crippen LogP contribution in [0.3, 0.4) is 0 Å². The van der Waals surface area contributed by atoms with E-state index >= 15 is 0 Å². The highest BCUT2D eigenvalue weighted by molar-refractivity contribution is 9.09. The van der Waals surface area contributed by atoms with E-state index < -0.39 is 9.84 Å². The van der Waals surface area contributed by atoms with Crippen molar-refractivity contribution in [1.82, 2.24) is 0 Å². The monoisotopic (exact) mass is 364 g/mol. The summed E-state index contributed by atoms with van der Waals surface area (Å²) in [4.78, 5) is 1.45. The molecule has 0 saturated carbocycles. The molecule has 96 valence electrons. The Labute approximate surface area is 124 Å². The van der Waals surface area contributed by atoms with Gasteiger partial charge in [0.1, 0.15) is 0 Å². The van der Waals surface area contributed by atoms with E-state index in [-0.39, 0.29) is 4.83 Å². The first kappa shape index (κ1) is 14.1. The molecule has 0 N–H and O–H groups in total. The zero-order valence-electron chi connectivity index (χ0n) is 9.43. The van der Waals surface area contributed by atoms with Crippen molar-refractivity contribution in [2.45, 2.75) is 9.72 Å². The molecule has 0 saturated heterocycles. The Balaban J connectivity index is 2.30. The van der Waals surface area contributed by atoms with Gasteiger partial charge in [-0.05, 0) is 29.8 Å². The van der Waals surface area contributed by atoms with Gasteiger partial charge in [0.2, 0.25) is 0 Å². The number of hydrogen-bond acceptors (Lipinski definition) is 3. The van der Waals surface area contributed by atoms with Crippen LogP contribution in [0.4, 0.5) is 0 Å². The maximum absolute atomic E-state index is 11.4. The van der Waals surface area contributed by atoms with Gasteiger partial charge < -0.3 is 0 Å². The Morgan fingerprint density at radius 1 is 1.17 bits per heavy atom. The van der Waals surface area contributed by atoms with Crippen molar-refractivity contribution in [3.8, 4) is 0 Å². The number of rotatable bonds is 3. The van der Waals surface area contributed by atoms with Gasteiger partial charge in [-0.1, -0.05) is 39.7 Å². The van der Waals surface area contributed by atoms with Crippen LogP contribution >= 0.6 is 38.9 Å². The van der Waals surface area contributed by atoms with Crippen LogP contribution in [0, 0.1) is 0 Å². The predicted molar refractivity (Wildman–Crippen MR) is 79.7 cm³/mol. The molecule has 2 aromatic rings. The lowest BCUT2D eigenvalue weighted by atomic mass is 10.1. The van der Waals surface area contributed by atoms with Crippen LogP contribution in [0.25, 0.3) is 0 Å². The van der Waals surface area contributed by atoms with Crippen LogP contribution in [-0.4, -0.2) is 14.7 Å². The first-order valence-corrected chi connectivity index (χ1v) is 9.07. The van der Waals surface area contributed by atoms with Gasteiger partial charge in [0, 0.05) is 11.1 Å². The quantitative estimate of drug-likeness (QED) is 0.760. The van der Waals surface area contributed by atoms with E-state index in [1.165, 1.54) is 17.6 Å². The molecule has 2 rings (SSSR count). The van der Waals surface area contributed by atoms with E-state index in [9.17, 15) is 8.42 Å². The molecular formula is C12H10BrClO2S2. The van der Waals surface area contributed by atoms with Gasteiger partial charge in [-0.15, -0.1) is 11.3 Å². The average molecular weight is 366 g/mol. The summed E-state index contributed by atoms with van der Waals surface area (Å²) in [5.74, 6) is 0. The van der Waals surface area contributed by atoms with Gasteiger partial charge in [-0.2, -0.15) is 0 Å². The Bertz CT molecular complexity index is 647. The molecule has 0 spiro atoms. The van der Waals surface area contributed by atoms with E-state index in [2.05, 4.69) is 15.9 Å². The topological polar surface area (TPSA) is 34.1 Å². The number of alkyl halides is 1. The summed E-state index contributed by atoms with van der Waals surface area (Å²) in [6, 6.07) is 10.7. The lowest BCUT2D eigenvalue weighted by molar-refractivity contribution is 0.602. The van der Waals surface area contributed by atoms with Crippen LogP contribution in [0.2, 0.25) is 4.34 Å². The number of halogens is 2. The normalized spacial score (nSPS) is 13.5. The molecule has 1 aromatic carbocycles. The summed E-state index contributed by atoms with van der Waals surface area (Å²) >= 11 is 11.0. The maximum atomic E-state index is 11.4. The molecule has 1 atom stereocenters. The SMILES string of the molecule is CS(=O)(=O)c1ccc(C(Br)c2ccc(Cl)s2)cc1. The minimum absolute atomic E-state index is 0.0311. The Hall–Kier alpha value is -0.360. The Kier molecular flexibility index (Phi) is 4.16. The molecule has 1 unspecified atom stereocenters. The highest BCUT2D eigenvalue weighted by atomic mass is 79.9. The molecule has 0 aliphatic heterocycles. The average Bonchev–Trinajstić information content (AvgIpc) is 2.74. The zero-order chi connectivity index (χ0) is 13.3. The standard InChI is InChI=1S/C12H10BrClO2S2/c1-18(15,16)9-4-2-8(3-5-9)12(13)10-6-7-11(14)17-10/h2-7,12H,1H3. The van der Waals surface area contributed by atoms with Crippen molar-refractivity contribution >= 4 is 48.7 Å². The maximum Gasteiger partial charge on any atom is 0.175 e. The summed E-state index contributed by atoms with van der Waals surface area (Å²) in [6.07, 6.45) is 1.20. The van der Waals surface area contributed by atoms with Crippen LogP contribution in [0.5, 0.6) is 0 Å². The molecule has 0 bridgehead atoms. The lowest BCUT2D eigenvalue weighted by Gasteiger charge is -2.08. The van der Waals surface area contributed by atoms with Crippen molar-refractivity contribution in [3.63, 3.8) is 0 Å². The third-order valence-corrected chi connectivity index (χ3v) is 6.19. The highest BCUT2D eigenvalue weighted by Crippen LogP contribution is 2.36. The lowest BCUT2D eigenvalue weighted by Crippen LogP contribution is -1.97. The molecule has 1 heterocycles.